The number of benzene rings is 9. The zero-order chi connectivity index (χ0) is 49.6. The normalized spacial score (nSPS) is 11.6. The molecular weight excluding hydrogens is 908 g/mol. The Bertz CT molecular complexity index is 3620. The lowest BCUT2D eigenvalue weighted by Crippen LogP contribution is -2.11. The molecule has 0 spiro atoms. The minimum absolute atomic E-state index is 0.116. The molecule has 0 bridgehead atoms. The fourth-order valence-corrected chi connectivity index (χ4v) is 9.66. The maximum Gasteiger partial charge on any atom is 0.416 e. The first kappa shape index (κ1) is 44.9. The molecule has 0 aliphatic carbocycles. The number of fused-ring (bicyclic) bond motifs is 3. The molecule has 5 nitrogen and oxygen atoms in total. The minimum atomic E-state index is -4.79. The SMILES string of the molecule is Cc1ccc(-c2ccc3c(c2)c2cc(-c4ccc(C)cc4)ccc2n3-c2c(-c3cc(-c4ccccc4)nc(-c4ccccc4)n3)cc(C(F)(F)F)cc2-c2nc(-c3ccccc3)cc(-c3ccccc3)n2)cc1. The predicted molar refractivity (Wildman–Crippen MR) is 290 cm³/mol. The number of alkyl halides is 3. The van der Waals surface area contributed by atoms with Gasteiger partial charge in [0.05, 0.1) is 45.1 Å². The van der Waals surface area contributed by atoms with Crippen molar-refractivity contribution >= 4 is 21.8 Å². The molecule has 3 aromatic heterocycles. The molecule has 0 unspecified atom stereocenters. The smallest absolute Gasteiger partial charge is 0.308 e. The molecule has 0 fully saturated rings. The third-order valence-corrected chi connectivity index (χ3v) is 13.4. The molecule has 350 valence electrons. The van der Waals surface area contributed by atoms with Crippen molar-refractivity contribution in [1.29, 1.82) is 0 Å². The second-order valence-corrected chi connectivity index (χ2v) is 18.3. The van der Waals surface area contributed by atoms with Crippen LogP contribution in [0.2, 0.25) is 0 Å². The van der Waals surface area contributed by atoms with Crippen LogP contribution in [0, 0.1) is 13.8 Å². The highest BCUT2D eigenvalue weighted by atomic mass is 19.4. The van der Waals surface area contributed by atoms with E-state index in [0.717, 1.165) is 71.9 Å². The molecule has 0 radical (unpaired) electrons. The molecule has 73 heavy (non-hydrogen) atoms. The number of halogens is 3. The summed E-state index contributed by atoms with van der Waals surface area (Å²) in [6.07, 6.45) is -4.79. The Balaban J connectivity index is 1.25. The lowest BCUT2D eigenvalue weighted by atomic mass is 9.96. The maximum atomic E-state index is 15.9. The van der Waals surface area contributed by atoms with Crippen molar-refractivity contribution in [3.05, 3.63) is 247 Å². The average Bonchev–Trinajstić information content (AvgIpc) is 3.76. The summed E-state index contributed by atoms with van der Waals surface area (Å²) in [6.45, 7) is 4.13. The van der Waals surface area contributed by atoms with Gasteiger partial charge in [0.2, 0.25) is 0 Å². The molecule has 0 atom stereocenters. The molecule has 3 heterocycles. The van der Waals surface area contributed by atoms with E-state index >= 15 is 13.2 Å². The summed E-state index contributed by atoms with van der Waals surface area (Å²) in [5.74, 6) is 0.481. The molecular formula is C65H44F3N5. The van der Waals surface area contributed by atoms with E-state index in [1.807, 2.05) is 127 Å². The molecule has 8 heteroatoms. The van der Waals surface area contributed by atoms with Crippen LogP contribution in [0.1, 0.15) is 16.7 Å². The number of rotatable bonds is 9. The van der Waals surface area contributed by atoms with E-state index in [9.17, 15) is 0 Å². The summed E-state index contributed by atoms with van der Waals surface area (Å²) in [4.78, 5) is 20.7. The van der Waals surface area contributed by atoms with Gasteiger partial charge in [0, 0.05) is 44.2 Å². The minimum Gasteiger partial charge on any atom is -0.308 e. The van der Waals surface area contributed by atoms with Crippen molar-refractivity contribution in [2.24, 2.45) is 0 Å². The first-order valence-electron chi connectivity index (χ1n) is 24.1. The van der Waals surface area contributed by atoms with E-state index in [-0.39, 0.29) is 17.0 Å². The summed E-state index contributed by atoms with van der Waals surface area (Å²) in [7, 11) is 0. The van der Waals surface area contributed by atoms with Gasteiger partial charge in [0.25, 0.3) is 0 Å². The molecule has 0 aliphatic rings. The third kappa shape index (κ3) is 8.74. The summed E-state index contributed by atoms with van der Waals surface area (Å²) < 4.78 is 49.8. The number of aryl methyl sites for hydroxylation is 2. The number of hydrogen-bond acceptors (Lipinski definition) is 4. The van der Waals surface area contributed by atoms with E-state index in [1.165, 1.54) is 12.1 Å². The van der Waals surface area contributed by atoms with Crippen LogP contribution in [0.15, 0.2) is 231 Å². The fourth-order valence-electron chi connectivity index (χ4n) is 9.66. The monoisotopic (exact) mass is 951 g/mol. The summed E-state index contributed by atoms with van der Waals surface area (Å²) in [5.41, 5.74) is 12.9. The van der Waals surface area contributed by atoms with Crippen LogP contribution in [-0.4, -0.2) is 24.5 Å². The quantitative estimate of drug-likeness (QED) is 0.145. The van der Waals surface area contributed by atoms with E-state index < -0.39 is 11.7 Å². The summed E-state index contributed by atoms with van der Waals surface area (Å²) in [5, 5.41) is 1.83. The van der Waals surface area contributed by atoms with Crippen molar-refractivity contribution in [2.45, 2.75) is 20.0 Å². The number of nitrogens with zero attached hydrogens (tertiary/aromatic N) is 5. The van der Waals surface area contributed by atoms with Gasteiger partial charge in [-0.15, -0.1) is 0 Å². The zero-order valence-electron chi connectivity index (χ0n) is 39.8. The molecule has 0 saturated carbocycles. The van der Waals surface area contributed by atoms with Crippen molar-refractivity contribution in [2.75, 3.05) is 0 Å². The van der Waals surface area contributed by atoms with Crippen LogP contribution in [0.3, 0.4) is 0 Å². The second-order valence-electron chi connectivity index (χ2n) is 18.3. The Hall–Kier alpha value is -9.27. The van der Waals surface area contributed by atoms with E-state index in [4.69, 9.17) is 19.9 Å². The maximum absolute atomic E-state index is 15.9. The summed E-state index contributed by atoms with van der Waals surface area (Å²) in [6, 6.07) is 74.1. The van der Waals surface area contributed by atoms with E-state index in [1.54, 1.807) is 6.07 Å². The lowest BCUT2D eigenvalue weighted by Gasteiger charge is -2.22. The zero-order valence-corrected chi connectivity index (χ0v) is 39.8. The van der Waals surface area contributed by atoms with Crippen LogP contribution in [0.5, 0.6) is 0 Å². The molecule has 0 saturated heterocycles. The molecule has 0 amide bonds. The van der Waals surface area contributed by atoms with Crippen molar-refractivity contribution in [3.63, 3.8) is 0 Å². The largest absolute Gasteiger partial charge is 0.416 e. The van der Waals surface area contributed by atoms with Gasteiger partial charge < -0.3 is 4.57 Å². The lowest BCUT2D eigenvalue weighted by molar-refractivity contribution is -0.137. The Morgan fingerprint density at radius 1 is 0.329 bits per heavy atom. The van der Waals surface area contributed by atoms with Gasteiger partial charge in [-0.25, -0.2) is 19.9 Å². The van der Waals surface area contributed by atoms with Crippen LogP contribution in [-0.2, 0) is 6.18 Å². The topological polar surface area (TPSA) is 56.5 Å². The van der Waals surface area contributed by atoms with Gasteiger partial charge in [-0.1, -0.05) is 193 Å². The predicted octanol–water partition coefficient (Wildman–Crippen LogP) is 17.3. The van der Waals surface area contributed by atoms with Crippen LogP contribution >= 0.6 is 0 Å². The van der Waals surface area contributed by atoms with Crippen molar-refractivity contribution in [1.82, 2.24) is 24.5 Å². The van der Waals surface area contributed by atoms with Gasteiger partial charge in [-0.3, -0.25) is 0 Å². The van der Waals surface area contributed by atoms with Crippen LogP contribution < -0.4 is 0 Å². The highest BCUT2D eigenvalue weighted by molar-refractivity contribution is 6.13. The number of hydrogen-bond donors (Lipinski definition) is 0. The Labute approximate surface area is 420 Å². The molecule has 12 rings (SSSR count). The molecule has 12 aromatic rings. The third-order valence-electron chi connectivity index (χ3n) is 13.4. The first-order valence-corrected chi connectivity index (χ1v) is 24.1. The van der Waals surface area contributed by atoms with E-state index in [0.29, 0.717) is 39.9 Å². The Morgan fingerprint density at radius 3 is 1.14 bits per heavy atom. The fraction of sp³-hybridized carbons (Fsp3) is 0.0462. The molecule has 0 aliphatic heterocycles. The van der Waals surface area contributed by atoms with Gasteiger partial charge in [0.1, 0.15) is 0 Å². The van der Waals surface area contributed by atoms with Gasteiger partial charge in [-0.05, 0) is 84.6 Å². The summed E-state index contributed by atoms with van der Waals surface area (Å²) >= 11 is 0. The second kappa shape index (κ2) is 18.5. The molecule has 9 aromatic carbocycles. The average molecular weight is 952 g/mol. The van der Waals surface area contributed by atoms with Gasteiger partial charge in [-0.2, -0.15) is 13.2 Å². The van der Waals surface area contributed by atoms with Gasteiger partial charge >= 0.3 is 6.18 Å². The first-order chi connectivity index (χ1) is 35.6. The van der Waals surface area contributed by atoms with E-state index in [2.05, 4.69) is 103 Å². The standard InChI is InChI=1S/C65H44F3N5/c1-41-23-27-43(28-24-41)49-31-33-60-52(35-49)53-36-50(44-29-25-42(2)26-30-44)32-34-61(53)73(60)62-54(59-40-58(47-19-11-5-12-20-47)69-63(72-59)48-21-13-6-14-22-48)37-51(65(66,67)68)38-55(62)64-70-56(45-15-7-3-8-16-45)39-57(71-64)46-17-9-4-10-18-46/h3-40H,1-2H3. The highest BCUT2D eigenvalue weighted by Gasteiger charge is 2.35. The Morgan fingerprint density at radius 2 is 0.699 bits per heavy atom. The van der Waals surface area contributed by atoms with Crippen LogP contribution in [0.25, 0.3) is 118 Å². The highest BCUT2D eigenvalue weighted by Crippen LogP contribution is 2.46. The number of aromatic nitrogens is 5. The van der Waals surface area contributed by atoms with Gasteiger partial charge in [0.15, 0.2) is 11.6 Å². The van der Waals surface area contributed by atoms with Crippen molar-refractivity contribution < 1.29 is 13.2 Å². The Kier molecular flexibility index (Phi) is 11.4. The van der Waals surface area contributed by atoms with Crippen molar-refractivity contribution in [3.8, 4) is 95.7 Å². The molecule has 0 N–H and O–H groups in total. The van der Waals surface area contributed by atoms with Crippen LogP contribution in [0.4, 0.5) is 13.2 Å².